The molecule has 1 atom stereocenters. The molecule has 0 amide bonds. The van der Waals surface area contributed by atoms with E-state index >= 15 is 0 Å². The molecule has 19 heavy (non-hydrogen) atoms. The Balaban J connectivity index is 2.69. The third-order valence-corrected chi connectivity index (χ3v) is 4.30. The number of ether oxygens (including phenoxy) is 1. The molecule has 0 fully saturated rings. The Hall–Kier alpha value is -1.11. The zero-order valence-corrected chi connectivity index (χ0v) is 12.8. The van der Waals surface area contributed by atoms with Crippen LogP contribution in [0.5, 0.6) is 5.75 Å². The minimum absolute atomic E-state index is 0.371. The van der Waals surface area contributed by atoms with Gasteiger partial charge in [-0.05, 0) is 29.4 Å². The molecule has 1 aromatic carbocycles. The second-order valence-corrected chi connectivity index (χ2v) is 5.60. The van der Waals surface area contributed by atoms with Crippen LogP contribution >= 0.6 is 11.8 Å². The first kappa shape index (κ1) is 15.9. The summed E-state index contributed by atoms with van der Waals surface area (Å²) >= 11 is 1.97. The normalized spacial score (nSPS) is 11.6. The summed E-state index contributed by atoms with van der Waals surface area (Å²) in [6.07, 6.45) is 1.24. The van der Waals surface area contributed by atoms with Crippen LogP contribution in [0, 0.1) is 17.8 Å². The molecule has 0 saturated carbocycles. The van der Waals surface area contributed by atoms with E-state index in [4.69, 9.17) is 10.5 Å². The van der Waals surface area contributed by atoms with Gasteiger partial charge >= 0.3 is 0 Å². The van der Waals surface area contributed by atoms with Gasteiger partial charge in [0.2, 0.25) is 0 Å². The summed E-state index contributed by atoms with van der Waals surface area (Å²) in [7, 11) is 1.67. The van der Waals surface area contributed by atoms with Crippen LogP contribution in [-0.2, 0) is 5.75 Å². The Morgan fingerprint density at radius 2 is 2.21 bits per heavy atom. The SMILES string of the molecule is CCC(C)CSCc1ccc(OC)c(C#CCN)c1. The number of hydrogen-bond donors (Lipinski definition) is 1. The van der Waals surface area contributed by atoms with Gasteiger partial charge in [-0.25, -0.2) is 0 Å². The highest BCUT2D eigenvalue weighted by Crippen LogP contribution is 2.23. The third-order valence-electron chi connectivity index (χ3n) is 2.96. The Bertz CT molecular complexity index is 448. The number of benzene rings is 1. The molecule has 1 rings (SSSR count). The fourth-order valence-corrected chi connectivity index (χ4v) is 2.76. The zero-order valence-electron chi connectivity index (χ0n) is 12.0. The summed E-state index contributed by atoms with van der Waals surface area (Å²) < 4.78 is 5.31. The molecule has 0 saturated heterocycles. The fraction of sp³-hybridized carbons (Fsp3) is 0.500. The number of rotatable bonds is 6. The van der Waals surface area contributed by atoms with Gasteiger partial charge in [0, 0.05) is 5.75 Å². The number of nitrogens with two attached hydrogens (primary N) is 1. The molecular formula is C16H23NOS. The molecule has 0 aliphatic carbocycles. The van der Waals surface area contributed by atoms with Gasteiger partial charge in [-0.15, -0.1) is 0 Å². The predicted molar refractivity (Wildman–Crippen MR) is 84.5 cm³/mol. The van der Waals surface area contributed by atoms with Crippen LogP contribution in [-0.4, -0.2) is 19.4 Å². The van der Waals surface area contributed by atoms with Crippen LogP contribution in [0.25, 0.3) is 0 Å². The maximum Gasteiger partial charge on any atom is 0.134 e. The standard InChI is InChI=1S/C16H23NOS/c1-4-13(2)11-19-12-14-7-8-16(18-3)15(10-14)6-5-9-17/h7-8,10,13H,4,9,11-12,17H2,1-3H3. The Morgan fingerprint density at radius 3 is 2.84 bits per heavy atom. The van der Waals surface area contributed by atoms with E-state index in [0.29, 0.717) is 6.54 Å². The van der Waals surface area contributed by atoms with Crippen LogP contribution < -0.4 is 10.5 Å². The van der Waals surface area contributed by atoms with Crippen molar-refractivity contribution in [3.8, 4) is 17.6 Å². The zero-order chi connectivity index (χ0) is 14.1. The van der Waals surface area contributed by atoms with Crippen LogP contribution in [0.3, 0.4) is 0 Å². The van der Waals surface area contributed by atoms with Crippen molar-refractivity contribution in [2.24, 2.45) is 11.7 Å². The van der Waals surface area contributed by atoms with Crippen molar-refractivity contribution in [2.75, 3.05) is 19.4 Å². The van der Waals surface area contributed by atoms with Gasteiger partial charge in [0.25, 0.3) is 0 Å². The van der Waals surface area contributed by atoms with E-state index in [1.807, 2.05) is 17.8 Å². The molecule has 0 aliphatic rings. The lowest BCUT2D eigenvalue weighted by Crippen LogP contribution is -1.97. The van der Waals surface area contributed by atoms with E-state index in [1.54, 1.807) is 7.11 Å². The topological polar surface area (TPSA) is 35.2 Å². The molecule has 0 aromatic heterocycles. The van der Waals surface area contributed by atoms with Gasteiger partial charge in [0.05, 0.1) is 19.2 Å². The monoisotopic (exact) mass is 277 g/mol. The second kappa shape index (κ2) is 8.90. The van der Waals surface area contributed by atoms with Crippen molar-refractivity contribution in [1.82, 2.24) is 0 Å². The number of hydrogen-bond acceptors (Lipinski definition) is 3. The highest BCUT2D eigenvalue weighted by atomic mass is 32.2. The highest BCUT2D eigenvalue weighted by molar-refractivity contribution is 7.98. The first-order valence-electron chi connectivity index (χ1n) is 6.64. The van der Waals surface area contributed by atoms with Gasteiger partial charge < -0.3 is 10.5 Å². The molecule has 2 nitrogen and oxygen atoms in total. The highest BCUT2D eigenvalue weighted by Gasteiger charge is 2.04. The molecule has 0 bridgehead atoms. The molecule has 0 spiro atoms. The minimum Gasteiger partial charge on any atom is -0.495 e. The molecule has 1 aromatic rings. The average molecular weight is 277 g/mol. The molecular weight excluding hydrogens is 254 g/mol. The van der Waals surface area contributed by atoms with Crippen LogP contribution in [0.15, 0.2) is 18.2 Å². The average Bonchev–Trinajstić information content (AvgIpc) is 2.45. The number of thioether (sulfide) groups is 1. The Morgan fingerprint density at radius 1 is 1.42 bits per heavy atom. The lowest BCUT2D eigenvalue weighted by molar-refractivity contribution is 0.413. The lowest BCUT2D eigenvalue weighted by atomic mass is 10.1. The summed E-state index contributed by atoms with van der Waals surface area (Å²) in [5.41, 5.74) is 7.63. The van der Waals surface area contributed by atoms with Gasteiger partial charge in [0.1, 0.15) is 5.75 Å². The molecule has 104 valence electrons. The summed E-state index contributed by atoms with van der Waals surface area (Å²) in [5, 5.41) is 0. The maximum absolute atomic E-state index is 5.42. The molecule has 0 aliphatic heterocycles. The first-order valence-corrected chi connectivity index (χ1v) is 7.80. The van der Waals surface area contributed by atoms with Gasteiger partial charge in [-0.2, -0.15) is 11.8 Å². The van der Waals surface area contributed by atoms with Crippen LogP contribution in [0.4, 0.5) is 0 Å². The number of methoxy groups -OCH3 is 1. The van der Waals surface area contributed by atoms with E-state index in [0.717, 1.165) is 23.0 Å². The van der Waals surface area contributed by atoms with E-state index < -0.39 is 0 Å². The van der Waals surface area contributed by atoms with Crippen molar-refractivity contribution >= 4 is 11.8 Å². The Kier molecular flexibility index (Phi) is 7.47. The van der Waals surface area contributed by atoms with Crippen molar-refractivity contribution < 1.29 is 4.74 Å². The lowest BCUT2D eigenvalue weighted by Gasteiger charge is -2.09. The van der Waals surface area contributed by atoms with E-state index in [-0.39, 0.29) is 0 Å². The van der Waals surface area contributed by atoms with E-state index in [9.17, 15) is 0 Å². The van der Waals surface area contributed by atoms with E-state index in [1.165, 1.54) is 17.7 Å². The molecule has 3 heteroatoms. The van der Waals surface area contributed by atoms with Crippen LogP contribution in [0.2, 0.25) is 0 Å². The molecule has 1 unspecified atom stereocenters. The maximum atomic E-state index is 5.42. The van der Waals surface area contributed by atoms with Crippen molar-refractivity contribution in [3.05, 3.63) is 29.3 Å². The van der Waals surface area contributed by atoms with Gasteiger partial charge in [0.15, 0.2) is 0 Å². The quantitative estimate of drug-likeness (QED) is 0.810. The summed E-state index contributed by atoms with van der Waals surface area (Å²) in [6, 6.07) is 6.20. The Labute approximate surface area is 121 Å². The van der Waals surface area contributed by atoms with Crippen LogP contribution in [0.1, 0.15) is 31.4 Å². The second-order valence-electron chi connectivity index (χ2n) is 4.57. The van der Waals surface area contributed by atoms with E-state index in [2.05, 4.69) is 37.8 Å². The van der Waals surface area contributed by atoms with Crippen molar-refractivity contribution in [1.29, 1.82) is 0 Å². The molecule has 0 heterocycles. The molecule has 0 radical (unpaired) electrons. The van der Waals surface area contributed by atoms with Gasteiger partial charge in [-0.3, -0.25) is 0 Å². The summed E-state index contributed by atoms with van der Waals surface area (Å²) in [5.74, 6) is 9.76. The minimum atomic E-state index is 0.371. The summed E-state index contributed by atoms with van der Waals surface area (Å²) in [6.45, 7) is 4.90. The predicted octanol–water partition coefficient (Wildman–Crippen LogP) is 3.28. The fourth-order valence-electron chi connectivity index (χ4n) is 1.58. The largest absolute Gasteiger partial charge is 0.495 e. The smallest absolute Gasteiger partial charge is 0.134 e. The van der Waals surface area contributed by atoms with Gasteiger partial charge in [-0.1, -0.05) is 38.2 Å². The first-order chi connectivity index (χ1) is 9.21. The van der Waals surface area contributed by atoms with Crippen molar-refractivity contribution in [2.45, 2.75) is 26.0 Å². The third kappa shape index (κ3) is 5.59. The molecule has 2 N–H and O–H groups in total. The van der Waals surface area contributed by atoms with Crippen molar-refractivity contribution in [3.63, 3.8) is 0 Å². The summed E-state index contributed by atoms with van der Waals surface area (Å²) in [4.78, 5) is 0.